The van der Waals surface area contributed by atoms with Gasteiger partial charge in [0.1, 0.15) is 5.76 Å². The van der Waals surface area contributed by atoms with Gasteiger partial charge in [0, 0.05) is 13.1 Å². The highest BCUT2D eigenvalue weighted by molar-refractivity contribution is 5.78. The van der Waals surface area contributed by atoms with E-state index in [-0.39, 0.29) is 0 Å². The molecule has 1 aliphatic rings. The van der Waals surface area contributed by atoms with Crippen molar-refractivity contribution in [2.24, 2.45) is 10.7 Å². The van der Waals surface area contributed by atoms with Gasteiger partial charge in [-0.2, -0.15) is 0 Å². The molecule has 1 heterocycles. The molecule has 0 aromatic heterocycles. The molecule has 0 amide bonds. The first kappa shape index (κ1) is 7.28. The molecule has 56 valence electrons. The minimum absolute atomic E-state index is 0.579. The Labute approximate surface area is 60.6 Å². The molecule has 0 bridgehead atoms. The van der Waals surface area contributed by atoms with Gasteiger partial charge in [-0.15, -0.1) is 0 Å². The summed E-state index contributed by atoms with van der Waals surface area (Å²) in [7, 11) is 1.64. The maximum Gasteiger partial charge on any atom is 0.137 e. The minimum atomic E-state index is 0.579. The molecule has 3 heteroatoms. The molecule has 1 aliphatic heterocycles. The van der Waals surface area contributed by atoms with Gasteiger partial charge in [-0.1, -0.05) is 0 Å². The quantitative estimate of drug-likeness (QED) is 0.600. The fourth-order valence-corrected chi connectivity index (χ4v) is 0.961. The molecule has 0 aromatic rings. The molecule has 0 fully saturated rings. The number of nitrogens with zero attached hydrogens (tertiary/aromatic N) is 1. The predicted molar refractivity (Wildman–Crippen MR) is 41.1 cm³/mol. The van der Waals surface area contributed by atoms with Gasteiger partial charge >= 0.3 is 0 Å². The van der Waals surface area contributed by atoms with Crippen LogP contribution >= 0.6 is 0 Å². The molecule has 1 rings (SSSR count). The zero-order valence-corrected chi connectivity index (χ0v) is 6.13. The predicted octanol–water partition coefficient (Wildman–Crippen LogP) is 0.320. The van der Waals surface area contributed by atoms with Crippen LogP contribution in [-0.4, -0.2) is 26.4 Å². The van der Waals surface area contributed by atoms with Crippen molar-refractivity contribution in [2.45, 2.75) is 6.42 Å². The van der Waals surface area contributed by atoms with E-state index in [1.165, 1.54) is 0 Å². The summed E-state index contributed by atoms with van der Waals surface area (Å²) in [5.41, 5.74) is 6.63. The summed E-state index contributed by atoms with van der Waals surface area (Å²) in [6.07, 6.45) is 2.68. The SMILES string of the molecule is COC1=C(CN)CCN=C1. The third-order valence-corrected chi connectivity index (χ3v) is 1.57. The maximum absolute atomic E-state index is 5.47. The lowest BCUT2D eigenvalue weighted by Crippen LogP contribution is -2.12. The van der Waals surface area contributed by atoms with Gasteiger partial charge < -0.3 is 10.5 Å². The zero-order chi connectivity index (χ0) is 7.40. The van der Waals surface area contributed by atoms with Gasteiger partial charge in [0.25, 0.3) is 0 Å². The summed E-state index contributed by atoms with van der Waals surface area (Å²) >= 11 is 0. The van der Waals surface area contributed by atoms with Crippen LogP contribution in [0.2, 0.25) is 0 Å². The summed E-state index contributed by atoms with van der Waals surface area (Å²) in [5, 5.41) is 0. The van der Waals surface area contributed by atoms with Crippen LogP contribution in [0.5, 0.6) is 0 Å². The van der Waals surface area contributed by atoms with Gasteiger partial charge in [0.2, 0.25) is 0 Å². The number of rotatable bonds is 2. The highest BCUT2D eigenvalue weighted by Gasteiger charge is 2.06. The van der Waals surface area contributed by atoms with Crippen LogP contribution in [0.1, 0.15) is 6.42 Å². The van der Waals surface area contributed by atoms with E-state index in [9.17, 15) is 0 Å². The molecule has 3 nitrogen and oxygen atoms in total. The molecular formula is C7H12N2O. The number of hydrogen-bond acceptors (Lipinski definition) is 3. The molecule has 2 N–H and O–H groups in total. The number of ether oxygens (including phenoxy) is 1. The molecule has 0 atom stereocenters. The summed E-state index contributed by atoms with van der Waals surface area (Å²) in [4.78, 5) is 4.06. The van der Waals surface area contributed by atoms with E-state index in [0.29, 0.717) is 6.54 Å². The average Bonchev–Trinajstić information content (AvgIpc) is 2.04. The van der Waals surface area contributed by atoms with Crippen molar-refractivity contribution in [1.29, 1.82) is 0 Å². The van der Waals surface area contributed by atoms with E-state index in [1.54, 1.807) is 13.3 Å². The third-order valence-electron chi connectivity index (χ3n) is 1.57. The van der Waals surface area contributed by atoms with Crippen molar-refractivity contribution in [3.05, 3.63) is 11.3 Å². The Bertz CT molecular complexity index is 172. The van der Waals surface area contributed by atoms with Crippen LogP contribution in [-0.2, 0) is 4.74 Å². The maximum atomic E-state index is 5.47. The van der Waals surface area contributed by atoms with E-state index in [2.05, 4.69) is 4.99 Å². The van der Waals surface area contributed by atoms with Crippen molar-refractivity contribution in [3.8, 4) is 0 Å². The lowest BCUT2D eigenvalue weighted by molar-refractivity contribution is 0.309. The van der Waals surface area contributed by atoms with Gasteiger partial charge in [0.05, 0.1) is 13.3 Å². The summed E-state index contributed by atoms with van der Waals surface area (Å²) in [6, 6.07) is 0. The molecule has 10 heavy (non-hydrogen) atoms. The zero-order valence-electron chi connectivity index (χ0n) is 6.13. The van der Waals surface area contributed by atoms with Gasteiger partial charge in [-0.3, -0.25) is 4.99 Å². The number of hydrogen-bond donors (Lipinski definition) is 1. The molecule has 0 spiro atoms. The van der Waals surface area contributed by atoms with Crippen molar-refractivity contribution in [3.63, 3.8) is 0 Å². The van der Waals surface area contributed by atoms with Crippen molar-refractivity contribution < 1.29 is 4.74 Å². The van der Waals surface area contributed by atoms with Crippen molar-refractivity contribution in [1.82, 2.24) is 0 Å². The monoisotopic (exact) mass is 140 g/mol. The first-order valence-corrected chi connectivity index (χ1v) is 3.34. The fourth-order valence-electron chi connectivity index (χ4n) is 0.961. The van der Waals surface area contributed by atoms with E-state index in [4.69, 9.17) is 10.5 Å². The molecule has 0 saturated heterocycles. The number of allylic oxidation sites excluding steroid dienone is 1. The largest absolute Gasteiger partial charge is 0.495 e. The van der Waals surface area contributed by atoms with Crippen LogP contribution < -0.4 is 5.73 Å². The Balaban J connectivity index is 2.73. The summed E-state index contributed by atoms with van der Waals surface area (Å²) in [5.74, 6) is 0.841. The number of dihydropyridines is 1. The normalized spacial score (nSPS) is 17.8. The molecule has 0 unspecified atom stereocenters. The second-order valence-electron chi connectivity index (χ2n) is 2.16. The Morgan fingerprint density at radius 2 is 2.60 bits per heavy atom. The van der Waals surface area contributed by atoms with E-state index in [0.717, 1.165) is 24.3 Å². The number of aliphatic imine (C=N–C) groups is 1. The fraction of sp³-hybridized carbons (Fsp3) is 0.571. The Hall–Kier alpha value is -0.830. The Morgan fingerprint density at radius 3 is 3.10 bits per heavy atom. The smallest absolute Gasteiger partial charge is 0.137 e. The molecule has 0 radical (unpaired) electrons. The van der Waals surface area contributed by atoms with Crippen LogP contribution in [0.4, 0.5) is 0 Å². The van der Waals surface area contributed by atoms with Crippen molar-refractivity contribution in [2.75, 3.05) is 20.2 Å². The van der Waals surface area contributed by atoms with Gasteiger partial charge in [0.15, 0.2) is 0 Å². The van der Waals surface area contributed by atoms with Gasteiger partial charge in [-0.05, 0) is 12.0 Å². The van der Waals surface area contributed by atoms with Crippen molar-refractivity contribution >= 4 is 6.21 Å². The minimum Gasteiger partial charge on any atom is -0.495 e. The number of methoxy groups -OCH3 is 1. The molecular weight excluding hydrogens is 128 g/mol. The lowest BCUT2D eigenvalue weighted by Gasteiger charge is -2.11. The summed E-state index contributed by atoms with van der Waals surface area (Å²) < 4.78 is 5.04. The van der Waals surface area contributed by atoms with E-state index >= 15 is 0 Å². The highest BCUT2D eigenvalue weighted by atomic mass is 16.5. The number of nitrogens with two attached hydrogens (primary N) is 1. The Kier molecular flexibility index (Phi) is 2.45. The second-order valence-corrected chi connectivity index (χ2v) is 2.16. The topological polar surface area (TPSA) is 47.6 Å². The third kappa shape index (κ3) is 1.36. The van der Waals surface area contributed by atoms with Crippen LogP contribution in [0.3, 0.4) is 0 Å². The van der Waals surface area contributed by atoms with Crippen LogP contribution in [0, 0.1) is 0 Å². The highest BCUT2D eigenvalue weighted by Crippen LogP contribution is 2.10. The van der Waals surface area contributed by atoms with E-state index < -0.39 is 0 Å². The second kappa shape index (κ2) is 3.37. The average molecular weight is 140 g/mol. The first-order chi connectivity index (χ1) is 4.88. The first-order valence-electron chi connectivity index (χ1n) is 3.34. The van der Waals surface area contributed by atoms with E-state index in [1.807, 2.05) is 0 Å². The van der Waals surface area contributed by atoms with Crippen LogP contribution in [0.25, 0.3) is 0 Å². The van der Waals surface area contributed by atoms with Crippen LogP contribution in [0.15, 0.2) is 16.3 Å². The molecule has 0 aliphatic carbocycles. The lowest BCUT2D eigenvalue weighted by atomic mass is 10.1. The van der Waals surface area contributed by atoms with Gasteiger partial charge in [-0.25, -0.2) is 0 Å². The molecule has 0 aromatic carbocycles. The Morgan fingerprint density at radius 1 is 1.80 bits per heavy atom. The summed E-state index contributed by atoms with van der Waals surface area (Å²) in [6.45, 7) is 1.43. The standard InChI is InChI=1S/C7H12N2O/c1-10-7-5-9-3-2-6(7)4-8/h5H,2-4,8H2,1H3. The molecule has 0 saturated carbocycles.